The third kappa shape index (κ3) is 4.21. The van der Waals surface area contributed by atoms with Gasteiger partial charge in [-0.25, -0.2) is 9.67 Å². The smallest absolute Gasteiger partial charge is 0.228 e. The number of carbonyl (C=O) groups is 2. The van der Waals surface area contributed by atoms with Crippen LogP contribution in [0.5, 0.6) is 5.75 Å². The standard InChI is InChI=1S/C22H24N8O3/c1-33-18-4-2-17(3-5-18)29-13-16(12-21(29)31)22(32)28-10-8-27(9-11-28)19-6-7-20(26-25-19)30-15-23-14-24-30/h2-7,14-16H,8-13H2,1H3. The summed E-state index contributed by atoms with van der Waals surface area (Å²) < 4.78 is 6.72. The second-order valence-electron chi connectivity index (χ2n) is 8.01. The van der Waals surface area contributed by atoms with Gasteiger partial charge in [-0.05, 0) is 36.4 Å². The van der Waals surface area contributed by atoms with E-state index < -0.39 is 0 Å². The molecule has 11 heteroatoms. The molecule has 0 aliphatic carbocycles. The molecule has 5 rings (SSSR count). The summed E-state index contributed by atoms with van der Waals surface area (Å²) in [5, 5.41) is 12.5. The van der Waals surface area contributed by atoms with Crippen LogP contribution in [0.2, 0.25) is 0 Å². The monoisotopic (exact) mass is 448 g/mol. The van der Waals surface area contributed by atoms with Crippen molar-refractivity contribution >= 4 is 23.3 Å². The summed E-state index contributed by atoms with van der Waals surface area (Å²) in [7, 11) is 1.60. The summed E-state index contributed by atoms with van der Waals surface area (Å²) in [5.41, 5.74) is 0.786. The van der Waals surface area contributed by atoms with Crippen LogP contribution in [0, 0.1) is 5.92 Å². The van der Waals surface area contributed by atoms with Crippen molar-refractivity contribution in [3.63, 3.8) is 0 Å². The quantitative estimate of drug-likeness (QED) is 0.563. The number of benzene rings is 1. The lowest BCUT2D eigenvalue weighted by Gasteiger charge is -2.36. The predicted octanol–water partition coefficient (Wildman–Crippen LogP) is 0.768. The number of aromatic nitrogens is 5. The fraction of sp³-hybridized carbons (Fsp3) is 0.364. The summed E-state index contributed by atoms with van der Waals surface area (Å²) in [6.07, 6.45) is 3.25. The lowest BCUT2D eigenvalue weighted by Crippen LogP contribution is -2.51. The van der Waals surface area contributed by atoms with Gasteiger partial charge in [-0.2, -0.15) is 5.10 Å². The molecule has 3 aromatic rings. The lowest BCUT2D eigenvalue weighted by atomic mass is 10.1. The van der Waals surface area contributed by atoms with Crippen molar-refractivity contribution in [2.75, 3.05) is 49.6 Å². The minimum absolute atomic E-state index is 0.0279. The molecule has 0 N–H and O–H groups in total. The molecule has 11 nitrogen and oxygen atoms in total. The van der Waals surface area contributed by atoms with Crippen molar-refractivity contribution in [3.05, 3.63) is 49.1 Å². The van der Waals surface area contributed by atoms with Gasteiger partial charge in [0.05, 0.1) is 13.0 Å². The average Bonchev–Trinajstić information content (AvgIpc) is 3.54. The molecule has 33 heavy (non-hydrogen) atoms. The van der Waals surface area contributed by atoms with Crippen LogP contribution in [-0.2, 0) is 9.59 Å². The van der Waals surface area contributed by atoms with Gasteiger partial charge in [-0.1, -0.05) is 0 Å². The SMILES string of the molecule is COc1ccc(N2CC(C(=O)N3CCN(c4ccc(-n5cncn5)nn4)CC3)CC2=O)cc1. The van der Waals surface area contributed by atoms with Gasteiger partial charge in [0.1, 0.15) is 18.4 Å². The largest absolute Gasteiger partial charge is 0.497 e. The molecule has 0 saturated carbocycles. The van der Waals surface area contributed by atoms with Crippen LogP contribution in [0.15, 0.2) is 49.1 Å². The Morgan fingerprint density at radius 2 is 1.73 bits per heavy atom. The second kappa shape index (κ2) is 8.85. The number of methoxy groups -OCH3 is 1. The molecule has 2 saturated heterocycles. The Bertz CT molecular complexity index is 1110. The molecule has 2 aromatic heterocycles. The second-order valence-corrected chi connectivity index (χ2v) is 8.01. The summed E-state index contributed by atoms with van der Waals surface area (Å²) in [6.45, 7) is 2.88. The number of hydrogen-bond acceptors (Lipinski definition) is 8. The molecule has 1 atom stereocenters. The molecular weight excluding hydrogens is 424 g/mol. The van der Waals surface area contributed by atoms with Crippen molar-refractivity contribution < 1.29 is 14.3 Å². The van der Waals surface area contributed by atoms with Crippen molar-refractivity contribution in [2.45, 2.75) is 6.42 Å². The fourth-order valence-electron chi connectivity index (χ4n) is 4.23. The number of anilines is 2. The first-order chi connectivity index (χ1) is 16.1. The van der Waals surface area contributed by atoms with Crippen molar-refractivity contribution in [3.8, 4) is 11.6 Å². The molecule has 0 spiro atoms. The van der Waals surface area contributed by atoms with Gasteiger partial charge >= 0.3 is 0 Å². The van der Waals surface area contributed by atoms with Crippen LogP contribution in [-0.4, -0.2) is 81.5 Å². The third-order valence-corrected chi connectivity index (χ3v) is 6.06. The van der Waals surface area contributed by atoms with E-state index in [4.69, 9.17) is 4.74 Å². The molecule has 2 fully saturated rings. The van der Waals surface area contributed by atoms with Gasteiger partial charge in [0.15, 0.2) is 11.6 Å². The summed E-state index contributed by atoms with van der Waals surface area (Å²) in [5.74, 6) is 1.76. The zero-order valence-corrected chi connectivity index (χ0v) is 18.2. The maximum absolute atomic E-state index is 13.1. The molecule has 170 valence electrons. The van der Waals surface area contributed by atoms with Crippen LogP contribution in [0.1, 0.15) is 6.42 Å². The first kappa shape index (κ1) is 20.9. The summed E-state index contributed by atoms with van der Waals surface area (Å²) >= 11 is 0. The van der Waals surface area contributed by atoms with E-state index in [9.17, 15) is 9.59 Å². The normalized spacial score (nSPS) is 18.6. The fourth-order valence-corrected chi connectivity index (χ4v) is 4.23. The Kier molecular flexibility index (Phi) is 5.59. The molecule has 0 bridgehead atoms. The maximum atomic E-state index is 13.1. The summed E-state index contributed by atoms with van der Waals surface area (Å²) in [6, 6.07) is 11.1. The first-order valence-corrected chi connectivity index (χ1v) is 10.8. The maximum Gasteiger partial charge on any atom is 0.228 e. The van der Waals surface area contributed by atoms with E-state index in [1.165, 1.54) is 6.33 Å². The van der Waals surface area contributed by atoms with Gasteiger partial charge in [0.2, 0.25) is 11.8 Å². The van der Waals surface area contributed by atoms with Crippen molar-refractivity contribution in [1.29, 1.82) is 0 Å². The zero-order chi connectivity index (χ0) is 22.8. The molecule has 2 aliphatic rings. The zero-order valence-electron chi connectivity index (χ0n) is 18.2. The summed E-state index contributed by atoms with van der Waals surface area (Å²) in [4.78, 5) is 35.2. The van der Waals surface area contributed by atoms with Gasteiger partial charge < -0.3 is 19.4 Å². The highest BCUT2D eigenvalue weighted by molar-refractivity contribution is 6.00. The average molecular weight is 448 g/mol. The van der Waals surface area contributed by atoms with Gasteiger partial charge in [0.25, 0.3) is 0 Å². The number of piperazine rings is 1. The van der Waals surface area contributed by atoms with Gasteiger partial charge in [-0.3, -0.25) is 9.59 Å². The molecule has 2 aliphatic heterocycles. The molecule has 1 aromatic carbocycles. The Hall–Kier alpha value is -4.02. The van der Waals surface area contributed by atoms with Crippen LogP contribution in [0.3, 0.4) is 0 Å². The highest BCUT2D eigenvalue weighted by atomic mass is 16.5. The van der Waals surface area contributed by atoms with Crippen LogP contribution < -0.4 is 14.5 Å². The van der Waals surface area contributed by atoms with E-state index in [1.807, 2.05) is 41.3 Å². The van der Waals surface area contributed by atoms with Crippen LogP contribution >= 0.6 is 0 Å². The van der Waals surface area contributed by atoms with Gasteiger partial charge in [-0.15, -0.1) is 10.2 Å². The third-order valence-electron chi connectivity index (χ3n) is 6.06. The number of nitrogens with zero attached hydrogens (tertiary/aromatic N) is 8. The van der Waals surface area contributed by atoms with Crippen LogP contribution in [0.25, 0.3) is 5.82 Å². The van der Waals surface area contributed by atoms with E-state index in [1.54, 1.807) is 23.0 Å². The van der Waals surface area contributed by atoms with Crippen LogP contribution in [0.4, 0.5) is 11.5 Å². The Morgan fingerprint density at radius 3 is 2.36 bits per heavy atom. The van der Waals surface area contributed by atoms with E-state index in [0.29, 0.717) is 38.5 Å². The minimum Gasteiger partial charge on any atom is -0.497 e. The molecule has 0 radical (unpaired) electrons. The topological polar surface area (TPSA) is 110 Å². The van der Waals surface area contributed by atoms with E-state index in [2.05, 4.69) is 25.2 Å². The number of amides is 2. The predicted molar refractivity (Wildman–Crippen MR) is 119 cm³/mol. The molecule has 1 unspecified atom stereocenters. The first-order valence-electron chi connectivity index (χ1n) is 10.8. The molecule has 4 heterocycles. The van der Waals surface area contributed by atoms with E-state index >= 15 is 0 Å². The lowest BCUT2D eigenvalue weighted by molar-refractivity contribution is -0.136. The number of carbonyl (C=O) groups excluding carboxylic acids is 2. The van der Waals surface area contributed by atoms with Gasteiger partial charge in [0, 0.05) is 44.8 Å². The van der Waals surface area contributed by atoms with Crippen molar-refractivity contribution in [1.82, 2.24) is 29.9 Å². The highest BCUT2D eigenvalue weighted by Gasteiger charge is 2.38. The Morgan fingerprint density at radius 1 is 1.00 bits per heavy atom. The Labute approximate surface area is 190 Å². The highest BCUT2D eigenvalue weighted by Crippen LogP contribution is 2.28. The number of ether oxygens (including phenoxy) is 1. The molecule has 2 amide bonds. The number of rotatable bonds is 5. The van der Waals surface area contributed by atoms with E-state index in [-0.39, 0.29) is 24.2 Å². The molecular formula is C22H24N8O3. The number of hydrogen-bond donors (Lipinski definition) is 0. The Balaban J connectivity index is 1.17. The minimum atomic E-state index is -0.326. The van der Waals surface area contributed by atoms with E-state index in [0.717, 1.165) is 17.3 Å². The van der Waals surface area contributed by atoms with Crippen molar-refractivity contribution in [2.24, 2.45) is 5.92 Å².